The van der Waals surface area contributed by atoms with E-state index in [1.54, 1.807) is 24.3 Å². The molecule has 0 unspecified atom stereocenters. The Balaban J connectivity index is 2.06. The Bertz CT molecular complexity index is 623. The Labute approximate surface area is 114 Å². The number of amides is 2. The number of ether oxygens (including phenoxy) is 1. The predicted molar refractivity (Wildman–Crippen MR) is 72.8 cm³/mol. The molecular weight excluding hydrogens is 262 g/mol. The fraction of sp³-hybridized carbons (Fsp3) is 0. The molecule has 20 heavy (non-hydrogen) atoms. The van der Waals surface area contributed by atoms with E-state index in [9.17, 15) is 14.9 Å². The zero-order chi connectivity index (χ0) is 14.5. The number of urea groups is 1. The van der Waals surface area contributed by atoms with Crippen molar-refractivity contribution in [3.05, 3.63) is 58.6 Å². The van der Waals surface area contributed by atoms with Gasteiger partial charge in [0.2, 0.25) is 0 Å². The largest absolute Gasteiger partial charge is 0.457 e. The number of anilines is 1. The molecule has 0 saturated heterocycles. The van der Waals surface area contributed by atoms with Crippen LogP contribution in [0, 0.1) is 10.1 Å². The van der Waals surface area contributed by atoms with Gasteiger partial charge in [-0.15, -0.1) is 0 Å². The van der Waals surface area contributed by atoms with E-state index in [1.807, 2.05) is 0 Å². The summed E-state index contributed by atoms with van der Waals surface area (Å²) in [4.78, 5) is 20.7. The van der Waals surface area contributed by atoms with Gasteiger partial charge in [0.25, 0.3) is 5.69 Å². The van der Waals surface area contributed by atoms with Crippen molar-refractivity contribution < 1.29 is 14.5 Å². The monoisotopic (exact) mass is 273 g/mol. The Morgan fingerprint density at radius 1 is 1.05 bits per heavy atom. The van der Waals surface area contributed by atoms with E-state index in [1.165, 1.54) is 24.3 Å². The Morgan fingerprint density at radius 3 is 2.00 bits per heavy atom. The van der Waals surface area contributed by atoms with Gasteiger partial charge in [0.15, 0.2) is 0 Å². The lowest BCUT2D eigenvalue weighted by Gasteiger charge is -2.06. The molecule has 102 valence electrons. The minimum absolute atomic E-state index is 0.00152. The van der Waals surface area contributed by atoms with Crippen LogP contribution in [0.2, 0.25) is 0 Å². The molecule has 0 fully saturated rings. The molecule has 0 heterocycles. The van der Waals surface area contributed by atoms with Crippen LogP contribution in [-0.2, 0) is 0 Å². The van der Waals surface area contributed by atoms with E-state index >= 15 is 0 Å². The molecule has 0 bridgehead atoms. The lowest BCUT2D eigenvalue weighted by molar-refractivity contribution is -0.384. The average molecular weight is 273 g/mol. The molecule has 0 aliphatic carbocycles. The lowest BCUT2D eigenvalue weighted by Crippen LogP contribution is -2.19. The van der Waals surface area contributed by atoms with Crippen LogP contribution in [0.5, 0.6) is 11.5 Å². The minimum Gasteiger partial charge on any atom is -0.457 e. The maximum absolute atomic E-state index is 10.7. The molecule has 2 aromatic rings. The number of hydrogen-bond acceptors (Lipinski definition) is 4. The second-order valence-electron chi connectivity index (χ2n) is 3.87. The number of rotatable bonds is 4. The van der Waals surface area contributed by atoms with Gasteiger partial charge in [-0.2, -0.15) is 0 Å². The van der Waals surface area contributed by atoms with Gasteiger partial charge in [0.1, 0.15) is 11.5 Å². The first-order valence-corrected chi connectivity index (χ1v) is 5.63. The molecule has 0 radical (unpaired) electrons. The highest BCUT2D eigenvalue weighted by molar-refractivity contribution is 5.87. The van der Waals surface area contributed by atoms with Crippen LogP contribution in [0.25, 0.3) is 0 Å². The first kappa shape index (κ1) is 13.3. The Morgan fingerprint density at radius 2 is 1.55 bits per heavy atom. The summed E-state index contributed by atoms with van der Waals surface area (Å²) in [5.74, 6) is 1.01. The summed E-state index contributed by atoms with van der Waals surface area (Å²) in [5, 5.41) is 12.9. The highest BCUT2D eigenvalue weighted by Gasteiger charge is 2.05. The molecule has 0 atom stereocenters. The summed E-state index contributed by atoms with van der Waals surface area (Å²) >= 11 is 0. The maximum atomic E-state index is 10.7. The van der Waals surface area contributed by atoms with Gasteiger partial charge in [0, 0.05) is 17.8 Å². The van der Waals surface area contributed by atoms with E-state index in [4.69, 9.17) is 10.5 Å². The van der Waals surface area contributed by atoms with Crippen LogP contribution in [0.15, 0.2) is 48.5 Å². The second-order valence-corrected chi connectivity index (χ2v) is 3.87. The van der Waals surface area contributed by atoms with Crippen molar-refractivity contribution >= 4 is 17.4 Å². The van der Waals surface area contributed by atoms with Crippen molar-refractivity contribution in [1.29, 1.82) is 0 Å². The summed E-state index contributed by atoms with van der Waals surface area (Å²) < 4.78 is 5.51. The van der Waals surface area contributed by atoms with Crippen LogP contribution in [0.1, 0.15) is 0 Å². The summed E-state index contributed by atoms with van der Waals surface area (Å²) in [6, 6.07) is 11.6. The van der Waals surface area contributed by atoms with E-state index in [0.29, 0.717) is 17.2 Å². The molecule has 7 nitrogen and oxygen atoms in total. The molecular formula is C13H11N3O4. The molecule has 0 aromatic heterocycles. The molecule has 2 amide bonds. The maximum Gasteiger partial charge on any atom is 0.316 e. The molecule has 2 aromatic carbocycles. The molecule has 3 N–H and O–H groups in total. The minimum atomic E-state index is -0.644. The van der Waals surface area contributed by atoms with Crippen molar-refractivity contribution in [2.75, 3.05) is 5.32 Å². The second kappa shape index (κ2) is 5.70. The number of carbonyl (C=O) groups is 1. The van der Waals surface area contributed by atoms with Crippen LogP contribution in [0.4, 0.5) is 16.2 Å². The van der Waals surface area contributed by atoms with Crippen LogP contribution < -0.4 is 15.8 Å². The first-order chi connectivity index (χ1) is 9.54. The summed E-state index contributed by atoms with van der Waals surface area (Å²) in [6.45, 7) is 0. The van der Waals surface area contributed by atoms with Crippen molar-refractivity contribution in [2.45, 2.75) is 0 Å². The number of nitro groups is 1. The number of nitrogens with zero attached hydrogens (tertiary/aromatic N) is 1. The number of nitro benzene ring substituents is 1. The van der Waals surface area contributed by atoms with Crippen molar-refractivity contribution in [3.8, 4) is 11.5 Å². The van der Waals surface area contributed by atoms with Gasteiger partial charge < -0.3 is 15.8 Å². The number of primary amides is 1. The van der Waals surface area contributed by atoms with Crippen molar-refractivity contribution in [1.82, 2.24) is 0 Å². The number of hydrogen-bond donors (Lipinski definition) is 2. The number of non-ortho nitro benzene ring substituents is 1. The number of carbonyl (C=O) groups excluding carboxylic acids is 1. The SMILES string of the molecule is NC(=O)Nc1ccc(Oc2ccc([N+](=O)[O-])cc2)cc1. The first-order valence-electron chi connectivity index (χ1n) is 5.63. The number of benzene rings is 2. The predicted octanol–water partition coefficient (Wildman–Crippen LogP) is 2.88. The third-order valence-electron chi connectivity index (χ3n) is 2.41. The molecule has 7 heteroatoms. The standard InChI is InChI=1S/C13H11N3O4/c14-13(17)15-9-1-5-11(6-2-9)20-12-7-3-10(4-8-12)16(18)19/h1-8H,(H3,14,15,17). The smallest absolute Gasteiger partial charge is 0.316 e. The zero-order valence-corrected chi connectivity index (χ0v) is 10.3. The third kappa shape index (κ3) is 3.45. The van der Waals surface area contributed by atoms with Gasteiger partial charge in [-0.25, -0.2) is 4.79 Å². The third-order valence-corrected chi connectivity index (χ3v) is 2.41. The van der Waals surface area contributed by atoms with Gasteiger partial charge in [-0.05, 0) is 36.4 Å². The van der Waals surface area contributed by atoms with E-state index < -0.39 is 11.0 Å². The average Bonchev–Trinajstić information content (AvgIpc) is 2.41. The molecule has 0 saturated carbocycles. The summed E-state index contributed by atoms with van der Waals surface area (Å²) in [6.07, 6.45) is 0. The van der Waals surface area contributed by atoms with Gasteiger partial charge in [-0.3, -0.25) is 10.1 Å². The van der Waals surface area contributed by atoms with E-state index in [-0.39, 0.29) is 5.69 Å². The van der Waals surface area contributed by atoms with Gasteiger partial charge in [0.05, 0.1) is 4.92 Å². The van der Waals surface area contributed by atoms with Gasteiger partial charge in [-0.1, -0.05) is 0 Å². The van der Waals surface area contributed by atoms with Crippen molar-refractivity contribution in [3.63, 3.8) is 0 Å². The topological polar surface area (TPSA) is 107 Å². The highest BCUT2D eigenvalue weighted by Crippen LogP contribution is 2.24. The molecule has 0 aliphatic rings. The van der Waals surface area contributed by atoms with Gasteiger partial charge >= 0.3 is 6.03 Å². The highest BCUT2D eigenvalue weighted by atomic mass is 16.6. The Hall–Kier alpha value is -3.09. The molecule has 2 rings (SSSR count). The van der Waals surface area contributed by atoms with Crippen LogP contribution in [-0.4, -0.2) is 11.0 Å². The number of nitrogens with two attached hydrogens (primary N) is 1. The normalized spacial score (nSPS) is 9.80. The van der Waals surface area contributed by atoms with Crippen LogP contribution in [0.3, 0.4) is 0 Å². The summed E-state index contributed by atoms with van der Waals surface area (Å²) in [5.41, 5.74) is 5.54. The summed E-state index contributed by atoms with van der Waals surface area (Å²) in [7, 11) is 0. The lowest BCUT2D eigenvalue weighted by atomic mass is 10.3. The van der Waals surface area contributed by atoms with E-state index in [0.717, 1.165) is 0 Å². The molecule has 0 spiro atoms. The van der Waals surface area contributed by atoms with Crippen molar-refractivity contribution in [2.24, 2.45) is 5.73 Å². The molecule has 0 aliphatic heterocycles. The number of nitrogens with one attached hydrogen (secondary N) is 1. The Kier molecular flexibility index (Phi) is 3.80. The van der Waals surface area contributed by atoms with E-state index in [2.05, 4.69) is 5.32 Å². The zero-order valence-electron chi connectivity index (χ0n) is 10.3. The fourth-order valence-electron chi connectivity index (χ4n) is 1.52. The quantitative estimate of drug-likeness (QED) is 0.659. The fourth-order valence-corrected chi connectivity index (χ4v) is 1.52. The van der Waals surface area contributed by atoms with Crippen LogP contribution >= 0.6 is 0 Å².